The minimum Gasteiger partial charge on any atom is -0.496 e. The molecule has 3 nitrogen and oxygen atoms in total. The van der Waals surface area contributed by atoms with Crippen molar-refractivity contribution in [3.05, 3.63) is 58.1 Å². The second-order valence-corrected chi connectivity index (χ2v) is 4.92. The quantitative estimate of drug-likeness (QED) is 0.934. The third-order valence-corrected chi connectivity index (χ3v) is 3.83. The Labute approximate surface area is 124 Å². The second kappa shape index (κ2) is 6.16. The Morgan fingerprint density at radius 2 is 1.55 bits per heavy atom. The molecule has 0 aliphatic rings. The van der Waals surface area contributed by atoms with Gasteiger partial charge < -0.3 is 15.2 Å². The Balaban J connectivity index is 2.58. The van der Waals surface area contributed by atoms with Crippen LogP contribution in [0, 0.1) is 6.92 Å². The normalized spacial score (nSPS) is 12.1. The van der Waals surface area contributed by atoms with E-state index >= 15 is 0 Å². The van der Waals surface area contributed by atoms with Gasteiger partial charge in [-0.2, -0.15) is 0 Å². The monoisotopic (exact) mass is 291 g/mol. The molecule has 2 rings (SSSR count). The van der Waals surface area contributed by atoms with Gasteiger partial charge in [-0.1, -0.05) is 29.8 Å². The molecule has 0 heterocycles. The molecule has 1 unspecified atom stereocenters. The first kappa shape index (κ1) is 14.7. The van der Waals surface area contributed by atoms with Gasteiger partial charge in [0.15, 0.2) is 0 Å². The zero-order valence-corrected chi connectivity index (χ0v) is 12.6. The van der Waals surface area contributed by atoms with Crippen molar-refractivity contribution in [2.75, 3.05) is 14.2 Å². The summed E-state index contributed by atoms with van der Waals surface area (Å²) < 4.78 is 10.8. The number of halogens is 1. The lowest BCUT2D eigenvalue weighted by Gasteiger charge is -2.21. The van der Waals surface area contributed by atoms with Crippen LogP contribution in [0.3, 0.4) is 0 Å². The van der Waals surface area contributed by atoms with Gasteiger partial charge in [-0.3, -0.25) is 0 Å². The summed E-state index contributed by atoms with van der Waals surface area (Å²) in [5, 5.41) is 0.701. The summed E-state index contributed by atoms with van der Waals surface area (Å²) in [7, 11) is 3.24. The maximum Gasteiger partial charge on any atom is 0.127 e. The maximum atomic E-state index is 6.42. The molecular weight excluding hydrogens is 274 g/mol. The smallest absolute Gasteiger partial charge is 0.127 e. The van der Waals surface area contributed by atoms with Gasteiger partial charge in [0.05, 0.1) is 25.8 Å². The van der Waals surface area contributed by atoms with Gasteiger partial charge in [0.25, 0.3) is 0 Å². The second-order valence-electron chi connectivity index (χ2n) is 4.51. The molecule has 0 aliphatic heterocycles. The van der Waals surface area contributed by atoms with Gasteiger partial charge in [0.1, 0.15) is 11.5 Å². The van der Waals surface area contributed by atoms with Crippen LogP contribution in [0.1, 0.15) is 22.7 Å². The van der Waals surface area contributed by atoms with Crippen molar-refractivity contribution in [2.45, 2.75) is 13.0 Å². The van der Waals surface area contributed by atoms with Crippen molar-refractivity contribution in [1.82, 2.24) is 0 Å². The van der Waals surface area contributed by atoms with Crippen molar-refractivity contribution in [3.63, 3.8) is 0 Å². The molecule has 2 N–H and O–H groups in total. The van der Waals surface area contributed by atoms with E-state index in [2.05, 4.69) is 0 Å². The SMILES string of the molecule is COc1cccc(OC)c1C(N)c1cccc(Cl)c1C. The van der Waals surface area contributed by atoms with Gasteiger partial charge in [-0.05, 0) is 36.2 Å². The van der Waals surface area contributed by atoms with Crippen molar-refractivity contribution in [3.8, 4) is 11.5 Å². The first-order chi connectivity index (χ1) is 9.60. The van der Waals surface area contributed by atoms with Gasteiger partial charge >= 0.3 is 0 Å². The molecule has 0 radical (unpaired) electrons. The summed E-state index contributed by atoms with van der Waals surface area (Å²) in [5.74, 6) is 1.41. The molecule has 1 atom stereocenters. The topological polar surface area (TPSA) is 44.5 Å². The highest BCUT2D eigenvalue weighted by molar-refractivity contribution is 6.31. The van der Waals surface area contributed by atoms with Crippen LogP contribution in [0.5, 0.6) is 11.5 Å². The average molecular weight is 292 g/mol. The van der Waals surface area contributed by atoms with Gasteiger partial charge in [-0.15, -0.1) is 0 Å². The standard InChI is InChI=1S/C16H18ClNO2/c1-10-11(6-4-7-12(10)17)16(18)15-13(19-2)8-5-9-14(15)20-3/h4-9,16H,18H2,1-3H3. The minimum atomic E-state index is -0.361. The van der Waals surface area contributed by atoms with Gasteiger partial charge in [0, 0.05) is 5.02 Å². The number of rotatable bonds is 4. The van der Waals surface area contributed by atoms with Crippen molar-refractivity contribution in [1.29, 1.82) is 0 Å². The fraction of sp³-hybridized carbons (Fsp3) is 0.250. The van der Waals surface area contributed by atoms with Crippen molar-refractivity contribution in [2.24, 2.45) is 5.73 Å². The Kier molecular flexibility index (Phi) is 4.53. The molecule has 2 aromatic rings. The predicted octanol–water partition coefficient (Wildman–Crippen LogP) is 3.71. The first-order valence-electron chi connectivity index (χ1n) is 6.31. The molecule has 0 aliphatic carbocycles. The fourth-order valence-electron chi connectivity index (χ4n) is 2.30. The van der Waals surface area contributed by atoms with E-state index in [-0.39, 0.29) is 6.04 Å². The van der Waals surface area contributed by atoms with E-state index in [0.717, 1.165) is 16.7 Å². The molecule has 0 amide bonds. The zero-order valence-electron chi connectivity index (χ0n) is 11.8. The average Bonchev–Trinajstić information content (AvgIpc) is 2.48. The number of nitrogens with two attached hydrogens (primary N) is 1. The Bertz CT molecular complexity index is 591. The molecule has 0 bridgehead atoms. The highest BCUT2D eigenvalue weighted by Gasteiger charge is 2.21. The molecule has 0 aromatic heterocycles. The van der Waals surface area contributed by atoms with Crippen LogP contribution in [0.15, 0.2) is 36.4 Å². The maximum absolute atomic E-state index is 6.42. The fourth-order valence-corrected chi connectivity index (χ4v) is 2.48. The van der Waals surface area contributed by atoms with Crippen LogP contribution in [-0.2, 0) is 0 Å². The van der Waals surface area contributed by atoms with Crippen molar-refractivity contribution < 1.29 is 9.47 Å². The third-order valence-electron chi connectivity index (χ3n) is 3.42. The highest BCUT2D eigenvalue weighted by Crippen LogP contribution is 2.37. The van der Waals surface area contributed by atoms with Crippen LogP contribution in [0.25, 0.3) is 0 Å². The molecule has 0 saturated heterocycles. The lowest BCUT2D eigenvalue weighted by molar-refractivity contribution is 0.382. The summed E-state index contributed by atoms with van der Waals surface area (Å²) in [6.07, 6.45) is 0. The van der Waals surface area contributed by atoms with E-state index < -0.39 is 0 Å². The number of methoxy groups -OCH3 is 2. The molecule has 0 fully saturated rings. The van der Waals surface area contributed by atoms with Crippen LogP contribution < -0.4 is 15.2 Å². The minimum absolute atomic E-state index is 0.361. The summed E-state index contributed by atoms with van der Waals surface area (Å²) in [6.45, 7) is 1.96. The summed E-state index contributed by atoms with van der Waals surface area (Å²) >= 11 is 6.17. The molecule has 20 heavy (non-hydrogen) atoms. The summed E-state index contributed by atoms with van der Waals surface area (Å²) in [5.41, 5.74) is 9.17. The van der Waals surface area contributed by atoms with E-state index in [1.807, 2.05) is 43.3 Å². The van der Waals surface area contributed by atoms with Gasteiger partial charge in [0.2, 0.25) is 0 Å². The molecule has 4 heteroatoms. The lowest BCUT2D eigenvalue weighted by atomic mass is 9.94. The van der Waals surface area contributed by atoms with E-state index in [9.17, 15) is 0 Å². The number of hydrogen-bond donors (Lipinski definition) is 1. The number of benzene rings is 2. The molecule has 0 saturated carbocycles. The number of ether oxygens (including phenoxy) is 2. The molecule has 2 aromatic carbocycles. The van der Waals surface area contributed by atoms with Crippen molar-refractivity contribution >= 4 is 11.6 Å². The van der Waals surface area contributed by atoms with Crippen LogP contribution >= 0.6 is 11.6 Å². The van der Waals surface area contributed by atoms with E-state index in [1.54, 1.807) is 14.2 Å². The Morgan fingerprint density at radius 1 is 1.00 bits per heavy atom. The predicted molar refractivity (Wildman–Crippen MR) is 81.8 cm³/mol. The largest absolute Gasteiger partial charge is 0.496 e. The van der Waals surface area contributed by atoms with Gasteiger partial charge in [-0.25, -0.2) is 0 Å². The Morgan fingerprint density at radius 3 is 2.10 bits per heavy atom. The Hall–Kier alpha value is -1.71. The van der Waals surface area contributed by atoms with Crippen LogP contribution in [-0.4, -0.2) is 14.2 Å². The van der Waals surface area contributed by atoms with Crippen LogP contribution in [0.4, 0.5) is 0 Å². The zero-order chi connectivity index (χ0) is 14.7. The lowest BCUT2D eigenvalue weighted by Crippen LogP contribution is -2.15. The van der Waals surface area contributed by atoms with Crippen LogP contribution in [0.2, 0.25) is 5.02 Å². The first-order valence-corrected chi connectivity index (χ1v) is 6.69. The molecule has 106 valence electrons. The van der Waals surface area contributed by atoms with E-state index in [0.29, 0.717) is 16.5 Å². The number of hydrogen-bond acceptors (Lipinski definition) is 3. The summed E-state index contributed by atoms with van der Waals surface area (Å²) in [6, 6.07) is 11.0. The summed E-state index contributed by atoms with van der Waals surface area (Å²) in [4.78, 5) is 0. The molecule has 0 spiro atoms. The molecular formula is C16H18ClNO2. The van der Waals surface area contributed by atoms with E-state index in [4.69, 9.17) is 26.8 Å². The highest BCUT2D eigenvalue weighted by atomic mass is 35.5. The third kappa shape index (κ3) is 2.60. The van der Waals surface area contributed by atoms with E-state index in [1.165, 1.54) is 0 Å².